The molecule has 8 heteroatoms. The fourth-order valence-electron chi connectivity index (χ4n) is 11.5. The minimum absolute atomic E-state index is 0.107. The van der Waals surface area contributed by atoms with Crippen molar-refractivity contribution < 1.29 is 33.3 Å². The summed E-state index contributed by atoms with van der Waals surface area (Å²) >= 11 is 0. The van der Waals surface area contributed by atoms with E-state index in [9.17, 15) is 19.6 Å². The summed E-state index contributed by atoms with van der Waals surface area (Å²) in [5.74, 6) is 0.215. The number of unbranched alkanes of at least 4 members (excludes halogenated alkanes) is 6. The smallest absolute Gasteiger partial charge is 0.193 e. The first-order chi connectivity index (χ1) is 40.0. The monoisotopic (exact) mass is 1100 g/mol. The topological polar surface area (TPSA) is 89.5 Å². The van der Waals surface area contributed by atoms with Crippen LogP contribution in [0, 0.1) is 0 Å². The van der Waals surface area contributed by atoms with E-state index in [1.165, 1.54) is 153 Å². The quantitative estimate of drug-likeness (QED) is 0.0132. The van der Waals surface area contributed by atoms with Gasteiger partial charge in [0.05, 0.1) is 46.6 Å². The second-order valence-corrected chi connectivity index (χ2v) is 22.5. The van der Waals surface area contributed by atoms with Gasteiger partial charge in [-0.2, -0.15) is 0 Å². The van der Waals surface area contributed by atoms with E-state index in [0.29, 0.717) is 6.42 Å². The number of hydrogen-bond acceptors (Lipinski definition) is 5. The summed E-state index contributed by atoms with van der Waals surface area (Å²) in [6.45, 7) is 23.7. The molecule has 0 unspecified atom stereocenters. The lowest BCUT2D eigenvalue weighted by molar-refractivity contribution is -0.941. The van der Waals surface area contributed by atoms with Crippen molar-refractivity contribution >= 4 is 18.9 Å². The van der Waals surface area contributed by atoms with Crippen LogP contribution in [0.15, 0.2) is 200 Å². The van der Waals surface area contributed by atoms with Gasteiger partial charge < -0.3 is 23.7 Å². The van der Waals surface area contributed by atoms with Crippen LogP contribution in [0.5, 0.6) is 0 Å². The third kappa shape index (κ3) is 21.2. The molecule has 436 valence electrons. The molecule has 7 aromatic carbocycles. The maximum absolute atomic E-state index is 12.7. The van der Waals surface area contributed by atoms with E-state index in [-0.39, 0.29) is 23.6 Å². The van der Waals surface area contributed by atoms with Gasteiger partial charge in [0, 0.05) is 45.4 Å². The Morgan fingerprint density at radius 1 is 0.366 bits per heavy atom. The minimum Gasteiger partial charge on any atom is -0.871 e. The molecule has 0 atom stereocenters. The van der Waals surface area contributed by atoms with Crippen LogP contribution >= 0.6 is 0 Å². The average molecular weight is 1110 g/mol. The summed E-state index contributed by atoms with van der Waals surface area (Å²) < 4.78 is 7.13. The molecule has 7 rings (SSSR count). The largest absolute Gasteiger partial charge is 0.871 e. The highest BCUT2D eigenvalue weighted by Crippen LogP contribution is 2.43. The van der Waals surface area contributed by atoms with Crippen molar-refractivity contribution in [1.82, 2.24) is 0 Å². The number of benzene rings is 7. The minimum atomic E-state index is -2.23. The molecular weight excluding hydrogens is 1010 g/mol. The van der Waals surface area contributed by atoms with Crippen LogP contribution in [0.4, 0.5) is 0 Å². The van der Waals surface area contributed by atoms with Gasteiger partial charge >= 0.3 is 0 Å². The van der Waals surface area contributed by atoms with E-state index in [1.807, 2.05) is 140 Å². The molecule has 0 saturated carbocycles. The number of carbonyl (C=O) groups is 2. The van der Waals surface area contributed by atoms with Crippen molar-refractivity contribution in [2.75, 3.05) is 45.9 Å². The predicted octanol–water partition coefficient (Wildman–Crippen LogP) is 15.8. The third-order valence-corrected chi connectivity index (χ3v) is 16.2. The number of hydrogen-bond donors (Lipinski definition) is 0. The Bertz CT molecular complexity index is 2510. The number of quaternary nitrogens is 2. The Kier molecular flexibility index (Phi) is 30.1. The Morgan fingerprint density at radius 3 is 0.878 bits per heavy atom. The van der Waals surface area contributed by atoms with Crippen LogP contribution in [0.3, 0.4) is 0 Å². The zero-order valence-corrected chi connectivity index (χ0v) is 50.8. The van der Waals surface area contributed by atoms with Crippen molar-refractivity contribution in [3.05, 3.63) is 250 Å². The summed E-state index contributed by atoms with van der Waals surface area (Å²) in [4.78, 5) is 25.3. The van der Waals surface area contributed by atoms with Crippen LogP contribution in [0.25, 0.3) is 0 Å². The fourth-order valence-corrected chi connectivity index (χ4v) is 11.5. The molecule has 0 radical (unpaired) electrons. The summed E-state index contributed by atoms with van der Waals surface area (Å²) in [5.41, 5.74) is 8.96. The highest BCUT2D eigenvalue weighted by molar-refractivity contribution is 6.28. The lowest BCUT2D eigenvalue weighted by atomic mass is 9.67. The van der Waals surface area contributed by atoms with Gasteiger partial charge in [-0.25, -0.2) is 0 Å². The molecular formula is C74H97BN2O5. The van der Waals surface area contributed by atoms with Crippen molar-refractivity contribution in [2.45, 2.75) is 150 Å². The van der Waals surface area contributed by atoms with E-state index in [4.69, 9.17) is 4.65 Å². The van der Waals surface area contributed by atoms with Crippen molar-refractivity contribution in [3.8, 4) is 0 Å². The van der Waals surface area contributed by atoms with Gasteiger partial charge in [-0.3, -0.25) is 9.59 Å². The van der Waals surface area contributed by atoms with Crippen LogP contribution in [-0.2, 0) is 23.2 Å². The summed E-state index contributed by atoms with van der Waals surface area (Å²) in [6.07, 6.45) is 16.6. The van der Waals surface area contributed by atoms with Crippen molar-refractivity contribution in [1.29, 1.82) is 0 Å². The van der Waals surface area contributed by atoms with E-state index in [1.54, 1.807) is 0 Å². The standard InChI is InChI=1S/2C26H38NO.C22H21BO3/c2*1-4-7-19-27(20-8-5-2,21-9-6-3)22-23-15-17-25(18-16-23)26(28)24-13-11-10-12-14-24;24-23(25)26-18-10-17-22(19-11-4-1-5-12-19,20-13-6-2-7-14-20)21-15-8-3-9-16-21/h2*10-18H,4-9,19-22H2,1-3H3;1-9,11-16H,10,17-18H2/q2*+1;-2. The second kappa shape index (κ2) is 37.0. The molecule has 0 N–H and O–H groups in total. The molecule has 0 aliphatic rings. The lowest BCUT2D eigenvalue weighted by Gasteiger charge is -2.39. The first kappa shape index (κ1) is 66.5. The first-order valence-electron chi connectivity index (χ1n) is 31.2. The van der Waals surface area contributed by atoms with Gasteiger partial charge in [-0.15, -0.1) is 0 Å². The second-order valence-electron chi connectivity index (χ2n) is 22.5. The number of rotatable bonds is 34. The van der Waals surface area contributed by atoms with Crippen LogP contribution in [-0.4, -0.2) is 73.7 Å². The Morgan fingerprint density at radius 2 is 0.622 bits per heavy atom. The number of carbonyl (C=O) groups excluding carboxylic acids is 2. The molecule has 0 aromatic heterocycles. The van der Waals surface area contributed by atoms with Crippen LogP contribution in [0.2, 0.25) is 0 Å². The highest BCUT2D eigenvalue weighted by Gasteiger charge is 2.36. The van der Waals surface area contributed by atoms with Crippen molar-refractivity contribution in [2.24, 2.45) is 0 Å². The normalized spacial score (nSPS) is 11.5. The maximum Gasteiger partial charge on any atom is 0.193 e. The highest BCUT2D eigenvalue weighted by atomic mass is 16.6. The molecule has 0 spiro atoms. The predicted molar refractivity (Wildman–Crippen MR) is 339 cm³/mol. The molecule has 0 bridgehead atoms. The molecule has 7 nitrogen and oxygen atoms in total. The zero-order valence-electron chi connectivity index (χ0n) is 50.8. The Labute approximate surface area is 495 Å². The third-order valence-electron chi connectivity index (χ3n) is 16.2. The van der Waals surface area contributed by atoms with Gasteiger partial charge in [0.25, 0.3) is 0 Å². The van der Waals surface area contributed by atoms with Crippen LogP contribution in [0.1, 0.15) is 191 Å². The Balaban J connectivity index is 0.000000226. The summed E-state index contributed by atoms with van der Waals surface area (Å²) in [6, 6.07) is 66.9. The molecule has 0 saturated heterocycles. The van der Waals surface area contributed by atoms with Gasteiger partial charge in [0.1, 0.15) is 13.1 Å². The fraction of sp³-hybridized carbons (Fsp3) is 0.405. The van der Waals surface area contributed by atoms with Gasteiger partial charge in [0.2, 0.25) is 0 Å². The van der Waals surface area contributed by atoms with Crippen molar-refractivity contribution in [3.63, 3.8) is 0 Å². The molecule has 82 heavy (non-hydrogen) atoms. The Hall–Kier alpha value is -6.26. The number of nitrogens with zero attached hydrogens (tertiary/aromatic N) is 2. The molecule has 0 aliphatic heterocycles. The molecule has 0 heterocycles. The average Bonchev–Trinajstić information content (AvgIpc) is 3.54. The summed E-state index contributed by atoms with van der Waals surface area (Å²) in [7, 11) is -2.23. The summed E-state index contributed by atoms with van der Waals surface area (Å²) in [5, 5.41) is 21.4. The van der Waals surface area contributed by atoms with E-state index in [0.717, 1.165) is 41.8 Å². The molecule has 0 fully saturated rings. The van der Waals surface area contributed by atoms with E-state index >= 15 is 0 Å². The molecule has 0 aliphatic carbocycles. The van der Waals surface area contributed by atoms with Gasteiger partial charge in [-0.1, -0.05) is 280 Å². The zero-order chi connectivity index (χ0) is 58.7. The lowest BCUT2D eigenvalue weighted by Crippen LogP contribution is -2.49. The maximum atomic E-state index is 12.7. The molecule has 7 aromatic rings. The van der Waals surface area contributed by atoms with Gasteiger partial charge in [0.15, 0.2) is 11.6 Å². The van der Waals surface area contributed by atoms with E-state index in [2.05, 4.69) is 102 Å². The first-order valence-corrected chi connectivity index (χ1v) is 31.2. The number of ketones is 2. The van der Waals surface area contributed by atoms with E-state index < -0.39 is 7.32 Å². The van der Waals surface area contributed by atoms with Gasteiger partial charge in [-0.05, 0) is 68.1 Å². The SMILES string of the molecule is CCCC[N+](CCCC)(CCCC)Cc1ccc(C(=O)c2ccccc2)cc1.CCCC[N+](CCCC)(CCCC)Cc1ccc(C(=O)c2ccccc2)cc1.[O-]B([O-])OCCCC(c1ccccc1)(c1ccccc1)c1ccccc1. The van der Waals surface area contributed by atoms with Crippen LogP contribution < -0.4 is 10.0 Å². The molecule has 0 amide bonds.